The Kier molecular flexibility index (Phi) is 8.62. The van der Waals surface area contributed by atoms with Gasteiger partial charge in [0, 0.05) is 18.7 Å². The SMILES string of the molecule is CC(/C=C1\SC(=S)N(CCCCCC(=O)Nc2ccccc2)C1=O)=C\c1ccccc1. The molecule has 0 bridgehead atoms. The number of nitrogens with one attached hydrogen (secondary N) is 1. The highest BCUT2D eigenvalue weighted by Crippen LogP contribution is 2.32. The van der Waals surface area contributed by atoms with Gasteiger partial charge < -0.3 is 5.32 Å². The predicted molar refractivity (Wildman–Crippen MR) is 134 cm³/mol. The quantitative estimate of drug-likeness (QED) is 0.288. The third-order valence-electron chi connectivity index (χ3n) is 4.77. The number of carbonyl (C=O) groups is 2. The fourth-order valence-corrected chi connectivity index (χ4v) is 4.59. The van der Waals surface area contributed by atoms with Crippen LogP contribution in [-0.4, -0.2) is 27.6 Å². The Morgan fingerprint density at radius 2 is 1.71 bits per heavy atom. The molecule has 4 nitrogen and oxygen atoms in total. The Morgan fingerprint density at radius 3 is 2.42 bits per heavy atom. The van der Waals surface area contributed by atoms with Crippen molar-refractivity contribution < 1.29 is 9.59 Å². The van der Waals surface area contributed by atoms with Crippen molar-refractivity contribution in [3.8, 4) is 0 Å². The summed E-state index contributed by atoms with van der Waals surface area (Å²) >= 11 is 6.77. The number of thioether (sulfide) groups is 1. The minimum absolute atomic E-state index is 0.0143. The van der Waals surface area contributed by atoms with Crippen molar-refractivity contribution in [1.82, 2.24) is 4.90 Å². The average Bonchev–Trinajstić information content (AvgIpc) is 3.02. The van der Waals surface area contributed by atoms with Crippen LogP contribution in [0.2, 0.25) is 0 Å². The fourth-order valence-electron chi connectivity index (χ4n) is 3.23. The van der Waals surface area contributed by atoms with Crippen LogP contribution in [0.25, 0.3) is 6.08 Å². The molecule has 31 heavy (non-hydrogen) atoms. The van der Waals surface area contributed by atoms with Crippen LogP contribution in [-0.2, 0) is 9.59 Å². The first-order valence-corrected chi connectivity index (χ1v) is 11.6. The highest BCUT2D eigenvalue weighted by molar-refractivity contribution is 8.26. The normalized spacial score (nSPS) is 15.6. The maximum atomic E-state index is 12.7. The molecule has 1 heterocycles. The minimum Gasteiger partial charge on any atom is -0.326 e. The first kappa shape index (κ1) is 23.0. The second kappa shape index (κ2) is 11.6. The molecular weight excluding hydrogens is 424 g/mol. The molecule has 1 aliphatic rings. The molecule has 1 aliphatic heterocycles. The maximum absolute atomic E-state index is 12.7. The minimum atomic E-state index is -0.0300. The number of unbranched alkanes of at least 4 members (excludes halogenated alkanes) is 2. The van der Waals surface area contributed by atoms with Crippen LogP contribution < -0.4 is 5.32 Å². The number of allylic oxidation sites excluding steroid dienone is 2. The van der Waals surface area contributed by atoms with Gasteiger partial charge >= 0.3 is 0 Å². The topological polar surface area (TPSA) is 49.4 Å². The van der Waals surface area contributed by atoms with Crippen LogP contribution in [0.4, 0.5) is 5.69 Å². The molecule has 1 saturated heterocycles. The smallest absolute Gasteiger partial charge is 0.266 e. The van der Waals surface area contributed by atoms with Gasteiger partial charge in [0.05, 0.1) is 4.91 Å². The van der Waals surface area contributed by atoms with Crippen molar-refractivity contribution in [2.24, 2.45) is 0 Å². The molecule has 0 atom stereocenters. The molecular formula is C25H26N2O2S2. The predicted octanol–water partition coefficient (Wildman–Crippen LogP) is 6.03. The molecule has 2 aromatic rings. The number of thiocarbonyl (C=S) groups is 1. The lowest BCUT2D eigenvalue weighted by Gasteiger charge is -2.14. The average molecular weight is 451 g/mol. The highest BCUT2D eigenvalue weighted by atomic mass is 32.2. The summed E-state index contributed by atoms with van der Waals surface area (Å²) < 4.78 is 0.602. The van der Waals surface area contributed by atoms with E-state index in [1.807, 2.05) is 79.7 Å². The van der Waals surface area contributed by atoms with Gasteiger partial charge in [0.2, 0.25) is 5.91 Å². The Morgan fingerprint density at radius 1 is 1.03 bits per heavy atom. The number of amides is 2. The third-order valence-corrected chi connectivity index (χ3v) is 6.15. The number of anilines is 1. The van der Waals surface area contributed by atoms with E-state index in [9.17, 15) is 9.59 Å². The van der Waals surface area contributed by atoms with E-state index in [0.29, 0.717) is 22.2 Å². The molecule has 6 heteroatoms. The van der Waals surface area contributed by atoms with Crippen molar-refractivity contribution in [2.45, 2.75) is 32.6 Å². The van der Waals surface area contributed by atoms with Gasteiger partial charge in [0.1, 0.15) is 4.32 Å². The van der Waals surface area contributed by atoms with E-state index in [-0.39, 0.29) is 11.8 Å². The van der Waals surface area contributed by atoms with Gasteiger partial charge in [-0.15, -0.1) is 0 Å². The van der Waals surface area contributed by atoms with Crippen molar-refractivity contribution in [1.29, 1.82) is 0 Å². The first-order valence-electron chi connectivity index (χ1n) is 10.4. The van der Waals surface area contributed by atoms with Crippen molar-refractivity contribution in [2.75, 3.05) is 11.9 Å². The van der Waals surface area contributed by atoms with Crippen molar-refractivity contribution >= 4 is 51.9 Å². The number of carbonyl (C=O) groups excluding carboxylic acids is 2. The van der Waals surface area contributed by atoms with Crippen LogP contribution in [0, 0.1) is 0 Å². The van der Waals surface area contributed by atoms with Crippen LogP contribution >= 0.6 is 24.0 Å². The molecule has 0 aromatic heterocycles. The second-order valence-electron chi connectivity index (χ2n) is 7.36. The van der Waals surface area contributed by atoms with E-state index < -0.39 is 0 Å². The van der Waals surface area contributed by atoms with Gasteiger partial charge in [-0.25, -0.2) is 0 Å². The van der Waals surface area contributed by atoms with E-state index in [1.54, 1.807) is 4.90 Å². The zero-order valence-corrected chi connectivity index (χ0v) is 19.2. The number of nitrogens with zero attached hydrogens (tertiary/aromatic N) is 1. The molecule has 160 valence electrons. The van der Waals surface area contributed by atoms with Crippen molar-refractivity contribution in [3.05, 3.63) is 82.8 Å². The molecule has 1 N–H and O–H groups in total. The number of hydrogen-bond acceptors (Lipinski definition) is 4. The van der Waals surface area contributed by atoms with Crippen LogP contribution in [0.15, 0.2) is 77.2 Å². The summed E-state index contributed by atoms with van der Waals surface area (Å²) in [4.78, 5) is 27.1. The van der Waals surface area contributed by atoms with Crippen LogP contribution in [0.5, 0.6) is 0 Å². The molecule has 3 rings (SSSR count). The Labute approximate surface area is 193 Å². The van der Waals surface area contributed by atoms with E-state index in [1.165, 1.54) is 11.8 Å². The summed E-state index contributed by atoms with van der Waals surface area (Å²) in [6, 6.07) is 19.5. The second-order valence-corrected chi connectivity index (χ2v) is 9.03. The highest BCUT2D eigenvalue weighted by Gasteiger charge is 2.31. The summed E-state index contributed by atoms with van der Waals surface area (Å²) in [5.74, 6) is -0.0157. The van der Waals surface area contributed by atoms with Gasteiger partial charge in [0.25, 0.3) is 5.91 Å². The monoisotopic (exact) mass is 450 g/mol. The molecule has 0 saturated carbocycles. The first-order chi connectivity index (χ1) is 15.0. The van der Waals surface area contributed by atoms with Crippen LogP contribution in [0.1, 0.15) is 38.2 Å². The molecule has 0 aliphatic carbocycles. The molecule has 1 fully saturated rings. The number of rotatable bonds is 9. The Bertz CT molecular complexity index is 985. The zero-order valence-electron chi connectivity index (χ0n) is 17.5. The molecule has 2 aromatic carbocycles. The van der Waals surface area contributed by atoms with Crippen molar-refractivity contribution in [3.63, 3.8) is 0 Å². The molecule has 0 unspecified atom stereocenters. The van der Waals surface area contributed by atoms with Crippen LogP contribution in [0.3, 0.4) is 0 Å². The van der Waals surface area contributed by atoms with E-state index in [4.69, 9.17) is 12.2 Å². The lowest BCUT2D eigenvalue weighted by atomic mass is 10.1. The number of hydrogen-bond donors (Lipinski definition) is 1. The zero-order chi connectivity index (χ0) is 22.1. The summed E-state index contributed by atoms with van der Waals surface area (Å²) in [6.07, 6.45) is 6.88. The fraction of sp³-hybridized carbons (Fsp3) is 0.240. The molecule has 0 spiro atoms. The van der Waals surface area contributed by atoms with Gasteiger partial charge in [-0.3, -0.25) is 14.5 Å². The Balaban J connectivity index is 1.43. The standard InChI is InChI=1S/C25H26N2O2S2/c1-19(17-20-11-5-2-6-12-20)18-22-24(29)27(25(30)31-22)16-10-4-9-15-23(28)26-21-13-7-3-8-14-21/h2-3,5-8,11-14,17-18H,4,9-10,15-16H2,1H3,(H,26,28)/b19-17+,22-18-. The molecule has 0 radical (unpaired) electrons. The van der Waals surface area contributed by atoms with Gasteiger partial charge in [0.15, 0.2) is 0 Å². The van der Waals surface area contributed by atoms with E-state index >= 15 is 0 Å². The summed E-state index contributed by atoms with van der Waals surface area (Å²) in [5.41, 5.74) is 2.92. The maximum Gasteiger partial charge on any atom is 0.266 e. The van der Waals surface area contributed by atoms with E-state index in [2.05, 4.69) is 5.32 Å². The molecule has 2 amide bonds. The number of para-hydroxylation sites is 1. The van der Waals surface area contributed by atoms with Gasteiger partial charge in [-0.2, -0.15) is 0 Å². The summed E-state index contributed by atoms with van der Waals surface area (Å²) in [6.45, 7) is 2.57. The lowest BCUT2D eigenvalue weighted by Crippen LogP contribution is -2.29. The lowest BCUT2D eigenvalue weighted by molar-refractivity contribution is -0.122. The largest absolute Gasteiger partial charge is 0.326 e. The summed E-state index contributed by atoms with van der Waals surface area (Å²) in [5, 5.41) is 2.89. The Hall–Kier alpha value is -2.70. The summed E-state index contributed by atoms with van der Waals surface area (Å²) in [7, 11) is 0. The van der Waals surface area contributed by atoms with E-state index in [0.717, 1.165) is 36.1 Å². The third kappa shape index (κ3) is 7.19. The van der Waals surface area contributed by atoms with Gasteiger partial charge in [-0.1, -0.05) is 85.0 Å². The number of benzene rings is 2. The van der Waals surface area contributed by atoms with Gasteiger partial charge in [-0.05, 0) is 49.1 Å².